The van der Waals surface area contributed by atoms with E-state index in [1.165, 1.54) is 24.0 Å². The summed E-state index contributed by atoms with van der Waals surface area (Å²) in [7, 11) is 0. The summed E-state index contributed by atoms with van der Waals surface area (Å²) in [6.45, 7) is 0. The van der Waals surface area contributed by atoms with Crippen LogP contribution >= 0.6 is 15.9 Å². The van der Waals surface area contributed by atoms with Gasteiger partial charge in [-0.05, 0) is 29.9 Å². The van der Waals surface area contributed by atoms with Gasteiger partial charge in [0.2, 0.25) is 0 Å². The van der Waals surface area contributed by atoms with E-state index in [9.17, 15) is 5.11 Å². The zero-order valence-corrected chi connectivity index (χ0v) is 10.2. The molecule has 0 spiro atoms. The lowest BCUT2D eigenvalue weighted by Gasteiger charge is -2.43. The topological polar surface area (TPSA) is 20.2 Å². The third-order valence-electron chi connectivity index (χ3n) is 3.97. The Balaban J connectivity index is 2.14. The summed E-state index contributed by atoms with van der Waals surface area (Å²) in [4.78, 5) is 0.469. The number of rotatable bonds is 0. The summed E-state index contributed by atoms with van der Waals surface area (Å²) < 4.78 is 0. The smallest absolute Gasteiger partial charge is 0.0831 e. The molecule has 1 nitrogen and oxygen atoms in total. The van der Waals surface area contributed by atoms with Crippen molar-refractivity contribution >= 4 is 15.9 Å². The molecule has 1 aromatic carbocycles. The molecule has 80 valence electrons. The van der Waals surface area contributed by atoms with Gasteiger partial charge in [0, 0.05) is 10.7 Å². The maximum atomic E-state index is 10.3. The third-order valence-corrected chi connectivity index (χ3v) is 5.28. The molecule has 2 aliphatic carbocycles. The first-order valence-corrected chi connectivity index (χ1v) is 6.61. The van der Waals surface area contributed by atoms with Gasteiger partial charge in [-0.25, -0.2) is 0 Å². The van der Waals surface area contributed by atoms with Gasteiger partial charge in [0.25, 0.3) is 0 Å². The van der Waals surface area contributed by atoms with E-state index in [-0.39, 0.29) is 6.10 Å². The van der Waals surface area contributed by atoms with Gasteiger partial charge in [0.1, 0.15) is 0 Å². The van der Waals surface area contributed by atoms with Crippen molar-refractivity contribution in [1.82, 2.24) is 0 Å². The molecule has 1 N–H and O–H groups in total. The Morgan fingerprint density at radius 3 is 2.67 bits per heavy atom. The molecule has 15 heavy (non-hydrogen) atoms. The van der Waals surface area contributed by atoms with E-state index >= 15 is 0 Å². The van der Waals surface area contributed by atoms with Crippen molar-refractivity contribution < 1.29 is 5.11 Å². The van der Waals surface area contributed by atoms with Crippen molar-refractivity contribution in [2.45, 2.75) is 36.1 Å². The monoisotopic (exact) mass is 266 g/mol. The second-order valence-electron chi connectivity index (χ2n) is 4.72. The molecule has 0 unspecified atom stereocenters. The van der Waals surface area contributed by atoms with E-state index in [4.69, 9.17) is 0 Å². The zero-order chi connectivity index (χ0) is 10.4. The van der Waals surface area contributed by atoms with Crippen molar-refractivity contribution in [3.05, 3.63) is 35.4 Å². The van der Waals surface area contributed by atoms with Crippen molar-refractivity contribution in [2.24, 2.45) is 5.92 Å². The summed E-state index contributed by atoms with van der Waals surface area (Å²) in [5.41, 5.74) is 2.53. The van der Waals surface area contributed by atoms with Crippen LogP contribution in [0.4, 0.5) is 0 Å². The molecule has 0 heterocycles. The van der Waals surface area contributed by atoms with Gasteiger partial charge in [0.15, 0.2) is 0 Å². The second kappa shape index (κ2) is 3.60. The van der Waals surface area contributed by atoms with Crippen LogP contribution in [0.3, 0.4) is 0 Å². The SMILES string of the molecule is O[C@H]1c2ccccc2[C@@H]2CCC[C@H]1[C@@H]2Br. The largest absolute Gasteiger partial charge is 0.388 e. The lowest BCUT2D eigenvalue weighted by Crippen LogP contribution is -2.36. The molecule has 0 radical (unpaired) electrons. The fourth-order valence-corrected chi connectivity index (χ4v) is 4.30. The highest BCUT2D eigenvalue weighted by Gasteiger charge is 2.42. The second-order valence-corrected chi connectivity index (χ2v) is 5.78. The number of benzene rings is 1. The Morgan fingerprint density at radius 2 is 1.87 bits per heavy atom. The van der Waals surface area contributed by atoms with Crippen LogP contribution in [-0.2, 0) is 0 Å². The first-order valence-electron chi connectivity index (χ1n) is 5.70. The first kappa shape index (κ1) is 9.86. The molecule has 1 fully saturated rings. The van der Waals surface area contributed by atoms with Crippen LogP contribution in [0, 0.1) is 5.92 Å². The summed E-state index contributed by atoms with van der Waals surface area (Å²) >= 11 is 3.78. The van der Waals surface area contributed by atoms with Crippen LogP contribution in [0.25, 0.3) is 0 Å². The van der Waals surface area contributed by atoms with Crippen LogP contribution in [0.15, 0.2) is 24.3 Å². The number of hydrogen-bond donors (Lipinski definition) is 1. The van der Waals surface area contributed by atoms with Crippen LogP contribution in [0.2, 0.25) is 0 Å². The van der Waals surface area contributed by atoms with Gasteiger partial charge < -0.3 is 5.11 Å². The van der Waals surface area contributed by atoms with Gasteiger partial charge in [-0.3, -0.25) is 0 Å². The summed E-state index contributed by atoms with van der Waals surface area (Å²) in [6, 6.07) is 8.38. The minimum Gasteiger partial charge on any atom is -0.388 e. The first-order chi connectivity index (χ1) is 7.29. The summed E-state index contributed by atoms with van der Waals surface area (Å²) in [5.74, 6) is 1.03. The number of aliphatic hydroxyl groups is 1. The van der Waals surface area contributed by atoms with Crippen molar-refractivity contribution in [3.63, 3.8) is 0 Å². The Kier molecular flexibility index (Phi) is 2.37. The quantitative estimate of drug-likeness (QED) is 0.714. The molecule has 1 aromatic rings. The van der Waals surface area contributed by atoms with E-state index < -0.39 is 0 Å². The van der Waals surface area contributed by atoms with Crippen LogP contribution in [-0.4, -0.2) is 9.93 Å². The molecule has 2 bridgehead atoms. The molecule has 0 saturated heterocycles. The van der Waals surface area contributed by atoms with E-state index in [1.807, 2.05) is 6.07 Å². The summed E-state index contributed by atoms with van der Waals surface area (Å²) in [5, 5.41) is 10.3. The van der Waals surface area contributed by atoms with E-state index in [2.05, 4.69) is 34.1 Å². The summed E-state index contributed by atoms with van der Waals surface area (Å²) in [6.07, 6.45) is 3.41. The molecule has 3 rings (SSSR count). The maximum absolute atomic E-state index is 10.3. The number of hydrogen-bond acceptors (Lipinski definition) is 1. The minimum atomic E-state index is -0.262. The normalized spacial score (nSPS) is 38.5. The lowest BCUT2D eigenvalue weighted by atomic mass is 9.68. The van der Waals surface area contributed by atoms with Gasteiger partial charge >= 0.3 is 0 Å². The third kappa shape index (κ3) is 1.38. The van der Waals surface area contributed by atoms with Crippen LogP contribution in [0.1, 0.15) is 42.4 Å². The average molecular weight is 267 g/mol. The lowest BCUT2D eigenvalue weighted by molar-refractivity contribution is 0.0712. The molecular formula is C13H15BrO. The van der Waals surface area contributed by atoms with Gasteiger partial charge in [-0.15, -0.1) is 0 Å². The van der Waals surface area contributed by atoms with Crippen molar-refractivity contribution in [3.8, 4) is 0 Å². The van der Waals surface area contributed by atoms with Crippen molar-refractivity contribution in [1.29, 1.82) is 0 Å². The number of halogens is 1. The van der Waals surface area contributed by atoms with Gasteiger partial charge in [0.05, 0.1) is 6.10 Å². The van der Waals surface area contributed by atoms with Crippen molar-refractivity contribution in [2.75, 3.05) is 0 Å². The Hall–Kier alpha value is -0.340. The van der Waals surface area contributed by atoms with E-state index in [1.54, 1.807) is 0 Å². The van der Waals surface area contributed by atoms with E-state index in [0.717, 1.165) is 6.42 Å². The number of fused-ring (bicyclic) bond motifs is 4. The zero-order valence-electron chi connectivity index (χ0n) is 8.57. The van der Waals surface area contributed by atoms with Gasteiger partial charge in [-0.2, -0.15) is 0 Å². The molecule has 0 amide bonds. The minimum absolute atomic E-state index is 0.262. The predicted molar refractivity (Wildman–Crippen MR) is 64.2 cm³/mol. The average Bonchev–Trinajstić information content (AvgIpc) is 2.26. The number of alkyl halides is 1. The molecular weight excluding hydrogens is 252 g/mol. The highest BCUT2D eigenvalue weighted by Crippen LogP contribution is 2.51. The van der Waals surface area contributed by atoms with Crippen LogP contribution < -0.4 is 0 Å². The molecule has 1 saturated carbocycles. The Morgan fingerprint density at radius 1 is 1.13 bits per heavy atom. The van der Waals surface area contributed by atoms with Gasteiger partial charge in [-0.1, -0.05) is 46.6 Å². The van der Waals surface area contributed by atoms with E-state index in [0.29, 0.717) is 16.7 Å². The fourth-order valence-electron chi connectivity index (χ4n) is 3.20. The highest BCUT2D eigenvalue weighted by molar-refractivity contribution is 9.09. The molecule has 0 aromatic heterocycles. The molecule has 4 atom stereocenters. The molecule has 2 aliphatic rings. The Labute approximate surface area is 98.6 Å². The highest BCUT2D eigenvalue weighted by atomic mass is 79.9. The van der Waals surface area contributed by atoms with Crippen LogP contribution in [0.5, 0.6) is 0 Å². The Bertz CT molecular complexity index is 377. The maximum Gasteiger partial charge on any atom is 0.0831 e. The fraction of sp³-hybridized carbons (Fsp3) is 0.538. The number of aliphatic hydroxyl groups excluding tert-OH is 1. The predicted octanol–water partition coefficient (Wildman–Crippen LogP) is 3.38. The standard InChI is InChI=1S/C13H15BrO/c14-12-9-6-3-7-11(12)13(15)10-5-2-1-4-8(9)10/h1-2,4-5,9,11-13,15H,3,6-7H2/t9-,11-,12+,13-/m0/s1. The molecule has 0 aliphatic heterocycles. The molecule has 2 heteroatoms.